The van der Waals surface area contributed by atoms with Crippen molar-refractivity contribution in [2.75, 3.05) is 5.01 Å². The van der Waals surface area contributed by atoms with Gasteiger partial charge < -0.3 is 0 Å². The Morgan fingerprint density at radius 2 is 1.60 bits per heavy atom. The molecule has 0 unspecified atom stereocenters. The molecule has 5 heteroatoms. The Morgan fingerprint density at radius 3 is 2.30 bits per heavy atom. The smallest absolute Gasteiger partial charge is 0.121 e. The maximum atomic E-state index is 3.58. The Labute approximate surface area is 131 Å². The lowest BCUT2D eigenvalue weighted by Gasteiger charge is -2.22. The van der Waals surface area contributed by atoms with Crippen molar-refractivity contribution in [1.82, 2.24) is 9.95 Å². The molecule has 0 aliphatic carbocycles. The molecule has 0 bridgehead atoms. The zero-order valence-electron chi connectivity index (χ0n) is 10.7. The fraction of sp³-hybridized carbons (Fsp3) is 0.0667. The van der Waals surface area contributed by atoms with Crippen molar-refractivity contribution in [2.24, 2.45) is 0 Å². The number of anilines is 1. The summed E-state index contributed by atoms with van der Waals surface area (Å²) < 4.78 is 2.99. The summed E-state index contributed by atoms with van der Waals surface area (Å²) >= 11 is 5.29. The van der Waals surface area contributed by atoms with Crippen LogP contribution in [0.4, 0.5) is 5.69 Å². The van der Waals surface area contributed by atoms with Crippen LogP contribution >= 0.6 is 27.9 Å². The molecule has 0 amide bonds. The van der Waals surface area contributed by atoms with Crippen molar-refractivity contribution in [3.05, 3.63) is 77.0 Å². The van der Waals surface area contributed by atoms with Gasteiger partial charge in [-0.3, -0.25) is 0 Å². The summed E-state index contributed by atoms with van der Waals surface area (Å²) in [6, 6.07) is 20.6. The fourth-order valence-corrected chi connectivity index (χ4v) is 3.29. The molecular weight excluding hydrogens is 334 g/mol. The summed E-state index contributed by atoms with van der Waals surface area (Å²) in [6.07, 6.45) is 2.03. The number of para-hydroxylation sites is 1. The number of hydrazine groups is 2. The minimum atomic E-state index is 0.924. The van der Waals surface area contributed by atoms with E-state index in [9.17, 15) is 0 Å². The second-order valence-electron chi connectivity index (χ2n) is 4.31. The molecule has 3 rings (SSSR count). The second-order valence-corrected chi connectivity index (χ2v) is 6.06. The Balaban J connectivity index is 1.61. The van der Waals surface area contributed by atoms with Crippen LogP contribution in [0.1, 0.15) is 5.56 Å². The van der Waals surface area contributed by atoms with Crippen molar-refractivity contribution in [1.29, 1.82) is 0 Å². The third kappa shape index (κ3) is 3.17. The molecular formula is C15H14BrN3S. The van der Waals surface area contributed by atoms with Crippen LogP contribution in [-0.4, -0.2) is 4.41 Å². The van der Waals surface area contributed by atoms with Crippen LogP contribution < -0.4 is 10.5 Å². The van der Waals surface area contributed by atoms with E-state index in [-0.39, 0.29) is 0 Å². The first-order chi connectivity index (χ1) is 9.83. The predicted octanol–water partition coefficient (Wildman–Crippen LogP) is 4.27. The van der Waals surface area contributed by atoms with Crippen LogP contribution in [0.3, 0.4) is 0 Å². The molecule has 2 aromatic carbocycles. The van der Waals surface area contributed by atoms with Gasteiger partial charge in [0.05, 0.1) is 11.9 Å². The molecule has 0 radical (unpaired) electrons. The van der Waals surface area contributed by atoms with Crippen molar-refractivity contribution in [3.63, 3.8) is 0 Å². The fourth-order valence-electron chi connectivity index (χ4n) is 1.87. The van der Waals surface area contributed by atoms with Gasteiger partial charge in [-0.15, -0.1) is 5.53 Å². The van der Waals surface area contributed by atoms with E-state index in [2.05, 4.69) is 57.9 Å². The highest BCUT2D eigenvalue weighted by atomic mass is 79.9. The van der Waals surface area contributed by atoms with Crippen molar-refractivity contribution >= 4 is 33.6 Å². The third-order valence-corrected chi connectivity index (χ3v) is 4.35. The molecule has 1 N–H and O–H groups in total. The summed E-state index contributed by atoms with van der Waals surface area (Å²) in [6.45, 7) is 0. The van der Waals surface area contributed by atoms with E-state index < -0.39 is 0 Å². The number of halogens is 1. The first kappa shape index (κ1) is 13.5. The number of rotatable bonds is 4. The van der Waals surface area contributed by atoms with Gasteiger partial charge in [0.15, 0.2) is 0 Å². The zero-order chi connectivity index (χ0) is 13.8. The van der Waals surface area contributed by atoms with Crippen LogP contribution in [0, 0.1) is 0 Å². The summed E-state index contributed by atoms with van der Waals surface area (Å²) in [4.78, 5) is 0. The molecule has 1 aliphatic rings. The quantitative estimate of drug-likeness (QED) is 0.657. The average Bonchev–Trinajstić information content (AvgIpc) is 2.88. The van der Waals surface area contributed by atoms with Gasteiger partial charge >= 0.3 is 0 Å². The average molecular weight is 348 g/mol. The minimum absolute atomic E-state index is 0.924. The lowest BCUT2D eigenvalue weighted by atomic mass is 10.2. The Kier molecular flexibility index (Phi) is 4.30. The number of benzene rings is 2. The molecule has 1 aliphatic heterocycles. The monoisotopic (exact) mass is 347 g/mol. The van der Waals surface area contributed by atoms with E-state index in [0.717, 1.165) is 16.0 Å². The van der Waals surface area contributed by atoms with Crippen LogP contribution in [-0.2, 0) is 5.75 Å². The first-order valence-corrected chi connectivity index (χ1v) is 8.01. The van der Waals surface area contributed by atoms with Crippen molar-refractivity contribution in [3.8, 4) is 0 Å². The summed E-state index contributed by atoms with van der Waals surface area (Å²) in [5.41, 5.74) is 5.72. The number of hydrogen-bond donors (Lipinski definition) is 1. The first-order valence-electron chi connectivity index (χ1n) is 6.28. The molecule has 0 aromatic heterocycles. The van der Waals surface area contributed by atoms with E-state index in [0.29, 0.717) is 0 Å². The zero-order valence-corrected chi connectivity index (χ0v) is 13.1. The Bertz CT molecular complexity index is 589. The molecule has 20 heavy (non-hydrogen) atoms. The molecule has 0 saturated carbocycles. The third-order valence-electron chi connectivity index (χ3n) is 2.86. The molecule has 0 fully saturated rings. The molecule has 0 atom stereocenters. The summed E-state index contributed by atoms with van der Waals surface area (Å²) in [5, 5.41) is 2.00. The summed E-state index contributed by atoms with van der Waals surface area (Å²) in [5.74, 6) is 0.924. The number of hydrogen-bond acceptors (Lipinski definition) is 4. The van der Waals surface area contributed by atoms with Gasteiger partial charge in [-0.2, -0.15) is 0 Å². The van der Waals surface area contributed by atoms with Gasteiger partial charge in [0.2, 0.25) is 0 Å². The molecule has 2 aromatic rings. The van der Waals surface area contributed by atoms with Crippen LogP contribution in [0.15, 0.2) is 71.5 Å². The molecule has 0 spiro atoms. The maximum absolute atomic E-state index is 3.58. The molecule has 0 saturated heterocycles. The number of nitrogens with zero attached hydrogens (tertiary/aromatic N) is 2. The van der Waals surface area contributed by atoms with Gasteiger partial charge in [-0.1, -0.05) is 48.5 Å². The highest BCUT2D eigenvalue weighted by Crippen LogP contribution is 2.29. The number of nitrogens with one attached hydrogen (secondary N) is 1. The second kappa shape index (κ2) is 6.35. The Morgan fingerprint density at radius 1 is 0.950 bits per heavy atom. The summed E-state index contributed by atoms with van der Waals surface area (Å²) in [7, 11) is 0. The van der Waals surface area contributed by atoms with E-state index in [4.69, 9.17) is 0 Å². The molecule has 1 heterocycles. The molecule has 102 valence electrons. The van der Waals surface area contributed by atoms with Crippen molar-refractivity contribution in [2.45, 2.75) is 5.75 Å². The van der Waals surface area contributed by atoms with E-state index in [1.807, 2.05) is 39.9 Å². The van der Waals surface area contributed by atoms with E-state index >= 15 is 0 Å². The highest BCUT2D eigenvalue weighted by Gasteiger charge is 2.20. The lowest BCUT2D eigenvalue weighted by Crippen LogP contribution is -2.36. The lowest BCUT2D eigenvalue weighted by molar-refractivity contribution is 0.491. The van der Waals surface area contributed by atoms with Crippen LogP contribution in [0.5, 0.6) is 0 Å². The SMILES string of the molecule is BrC1=CN(SCc2ccccc2)NN1c1ccccc1. The predicted molar refractivity (Wildman–Crippen MR) is 88.6 cm³/mol. The Hall–Kier alpha value is -1.43. The topological polar surface area (TPSA) is 18.5 Å². The van der Waals surface area contributed by atoms with Gasteiger partial charge in [0.25, 0.3) is 0 Å². The molecule has 3 nitrogen and oxygen atoms in total. The van der Waals surface area contributed by atoms with Gasteiger partial charge in [0, 0.05) is 5.75 Å². The standard InChI is InChI=1S/C15H14BrN3S/c16-15-11-18(20-12-13-7-3-1-4-8-13)17-19(15)14-9-5-2-6-10-14/h1-11,17H,12H2. The normalized spacial score (nSPS) is 14.6. The highest BCUT2D eigenvalue weighted by molar-refractivity contribution is 9.11. The minimum Gasteiger partial charge on any atom is -0.250 e. The van der Waals surface area contributed by atoms with E-state index in [1.54, 1.807) is 11.9 Å². The van der Waals surface area contributed by atoms with Gasteiger partial charge in [-0.05, 0) is 45.6 Å². The van der Waals surface area contributed by atoms with Crippen LogP contribution in [0.25, 0.3) is 0 Å². The van der Waals surface area contributed by atoms with E-state index in [1.165, 1.54) is 5.56 Å². The van der Waals surface area contributed by atoms with Gasteiger partial charge in [-0.25, -0.2) is 9.42 Å². The largest absolute Gasteiger partial charge is 0.250 e. The van der Waals surface area contributed by atoms with Crippen LogP contribution in [0.2, 0.25) is 0 Å². The van der Waals surface area contributed by atoms with Gasteiger partial charge in [0.1, 0.15) is 4.61 Å². The van der Waals surface area contributed by atoms with Crippen molar-refractivity contribution < 1.29 is 0 Å². The maximum Gasteiger partial charge on any atom is 0.121 e.